The Bertz CT molecular complexity index is 714. The molecule has 0 aliphatic carbocycles. The second kappa shape index (κ2) is 5.44. The Hall–Kier alpha value is -2.18. The van der Waals surface area contributed by atoms with Crippen LogP contribution < -0.4 is 11.1 Å². The number of hydrogen-bond acceptors (Lipinski definition) is 6. The van der Waals surface area contributed by atoms with Gasteiger partial charge in [-0.25, -0.2) is 9.97 Å². The Morgan fingerprint density at radius 3 is 2.65 bits per heavy atom. The van der Waals surface area contributed by atoms with Gasteiger partial charge in [-0.05, 0) is 34.5 Å². The number of para-hydroxylation sites is 2. The molecule has 0 radical (unpaired) electrons. The number of thiophene rings is 1. The average molecular weight is 286 g/mol. The molecular formula is C14H14N4OS. The number of aromatic nitrogens is 2. The number of benzene rings is 1. The fraction of sp³-hybridized carbons (Fsp3) is 0.143. The van der Waals surface area contributed by atoms with Gasteiger partial charge in [-0.3, -0.25) is 0 Å². The molecule has 0 bridgehead atoms. The first-order valence-corrected chi connectivity index (χ1v) is 7.14. The fourth-order valence-electron chi connectivity index (χ4n) is 1.92. The number of aliphatic hydroxyl groups is 1. The van der Waals surface area contributed by atoms with Gasteiger partial charge in [-0.15, -0.1) is 0 Å². The minimum Gasteiger partial charge on any atom is -0.387 e. The van der Waals surface area contributed by atoms with Gasteiger partial charge in [-0.2, -0.15) is 11.3 Å². The van der Waals surface area contributed by atoms with Crippen LogP contribution >= 0.6 is 11.3 Å². The van der Waals surface area contributed by atoms with Crippen LogP contribution in [0.15, 0.2) is 41.1 Å². The number of nitrogens with two attached hydrogens (primary N) is 1. The third kappa shape index (κ3) is 2.56. The number of nitrogens with one attached hydrogen (secondary N) is 1. The number of anilines is 2. The molecule has 6 heteroatoms. The van der Waals surface area contributed by atoms with Crippen molar-refractivity contribution in [1.82, 2.24) is 9.97 Å². The molecule has 0 saturated heterocycles. The van der Waals surface area contributed by atoms with Gasteiger partial charge in [0.1, 0.15) is 0 Å². The molecule has 0 fully saturated rings. The van der Waals surface area contributed by atoms with Crippen molar-refractivity contribution in [2.24, 2.45) is 0 Å². The molecule has 0 aliphatic heterocycles. The van der Waals surface area contributed by atoms with Crippen LogP contribution in [0.25, 0.3) is 11.0 Å². The van der Waals surface area contributed by atoms with Crippen LogP contribution in [0, 0.1) is 0 Å². The first-order chi connectivity index (χ1) is 9.74. The molecule has 1 atom stereocenters. The summed E-state index contributed by atoms with van der Waals surface area (Å²) >= 11 is 1.55. The molecule has 102 valence electrons. The van der Waals surface area contributed by atoms with Gasteiger partial charge in [0.15, 0.2) is 11.6 Å². The van der Waals surface area contributed by atoms with Crippen molar-refractivity contribution < 1.29 is 5.11 Å². The Morgan fingerprint density at radius 2 is 1.95 bits per heavy atom. The van der Waals surface area contributed by atoms with Gasteiger partial charge >= 0.3 is 0 Å². The highest BCUT2D eigenvalue weighted by molar-refractivity contribution is 7.07. The zero-order chi connectivity index (χ0) is 13.9. The summed E-state index contributed by atoms with van der Waals surface area (Å²) in [4.78, 5) is 8.71. The minimum absolute atomic E-state index is 0.334. The molecule has 5 nitrogen and oxygen atoms in total. The maximum Gasteiger partial charge on any atom is 0.169 e. The maximum absolute atomic E-state index is 10.0. The summed E-state index contributed by atoms with van der Waals surface area (Å²) in [6.07, 6.45) is -0.589. The predicted molar refractivity (Wildman–Crippen MR) is 81.7 cm³/mol. The zero-order valence-corrected chi connectivity index (χ0v) is 11.5. The highest BCUT2D eigenvalue weighted by Crippen LogP contribution is 2.21. The van der Waals surface area contributed by atoms with Crippen molar-refractivity contribution in [3.05, 3.63) is 46.7 Å². The third-order valence-electron chi connectivity index (χ3n) is 2.99. The summed E-state index contributed by atoms with van der Waals surface area (Å²) in [7, 11) is 0. The van der Waals surface area contributed by atoms with E-state index in [1.807, 2.05) is 41.1 Å². The summed E-state index contributed by atoms with van der Waals surface area (Å²) in [5.41, 5.74) is 8.29. The Morgan fingerprint density at radius 1 is 1.20 bits per heavy atom. The maximum atomic E-state index is 10.0. The number of nitrogen functional groups attached to an aromatic ring is 1. The molecule has 0 saturated carbocycles. The van der Waals surface area contributed by atoms with Crippen molar-refractivity contribution in [3.8, 4) is 0 Å². The SMILES string of the molecule is Nc1nc2ccccc2nc1NCC(O)c1ccsc1. The highest BCUT2D eigenvalue weighted by atomic mass is 32.1. The molecule has 0 aliphatic rings. The van der Waals surface area contributed by atoms with Crippen molar-refractivity contribution in [2.75, 3.05) is 17.6 Å². The van der Waals surface area contributed by atoms with Gasteiger partial charge in [0.25, 0.3) is 0 Å². The lowest BCUT2D eigenvalue weighted by Gasteiger charge is -2.12. The van der Waals surface area contributed by atoms with Crippen molar-refractivity contribution in [2.45, 2.75) is 6.10 Å². The van der Waals surface area contributed by atoms with Crippen LogP contribution in [0.3, 0.4) is 0 Å². The van der Waals surface area contributed by atoms with Crippen LogP contribution in [0.2, 0.25) is 0 Å². The molecule has 2 aromatic heterocycles. The van der Waals surface area contributed by atoms with E-state index in [2.05, 4.69) is 15.3 Å². The normalized spacial score (nSPS) is 12.4. The predicted octanol–water partition coefficient (Wildman–Crippen LogP) is 2.42. The van der Waals surface area contributed by atoms with Gasteiger partial charge < -0.3 is 16.2 Å². The second-order valence-corrected chi connectivity index (χ2v) is 5.18. The monoisotopic (exact) mass is 286 g/mol. The summed E-state index contributed by atoms with van der Waals surface area (Å²) in [6, 6.07) is 9.43. The van der Waals surface area contributed by atoms with E-state index in [1.165, 1.54) is 0 Å². The molecule has 3 rings (SSSR count). The first kappa shape index (κ1) is 12.8. The van der Waals surface area contributed by atoms with Crippen molar-refractivity contribution in [1.29, 1.82) is 0 Å². The molecule has 20 heavy (non-hydrogen) atoms. The summed E-state index contributed by atoms with van der Waals surface area (Å²) in [5, 5.41) is 16.9. The van der Waals surface area contributed by atoms with Crippen LogP contribution in [0.5, 0.6) is 0 Å². The largest absolute Gasteiger partial charge is 0.387 e. The van der Waals surface area contributed by atoms with E-state index in [-0.39, 0.29) is 0 Å². The van der Waals surface area contributed by atoms with Crippen LogP contribution in [-0.2, 0) is 0 Å². The van der Waals surface area contributed by atoms with E-state index in [0.29, 0.717) is 18.2 Å². The van der Waals surface area contributed by atoms with Crippen molar-refractivity contribution in [3.63, 3.8) is 0 Å². The molecule has 1 unspecified atom stereocenters. The molecule has 0 spiro atoms. The minimum atomic E-state index is -0.589. The van der Waals surface area contributed by atoms with Crippen LogP contribution in [0.4, 0.5) is 11.6 Å². The summed E-state index contributed by atoms with van der Waals surface area (Å²) in [6.45, 7) is 0.341. The molecular weight excluding hydrogens is 272 g/mol. The lowest BCUT2D eigenvalue weighted by atomic mass is 10.2. The Balaban J connectivity index is 1.79. The molecule has 1 aromatic carbocycles. The highest BCUT2D eigenvalue weighted by Gasteiger charge is 2.10. The fourth-order valence-corrected chi connectivity index (χ4v) is 2.63. The first-order valence-electron chi connectivity index (χ1n) is 6.20. The quantitative estimate of drug-likeness (QED) is 0.686. The Labute approximate surface area is 120 Å². The topological polar surface area (TPSA) is 84.1 Å². The van der Waals surface area contributed by atoms with E-state index >= 15 is 0 Å². The zero-order valence-electron chi connectivity index (χ0n) is 10.7. The molecule has 2 heterocycles. The number of rotatable bonds is 4. The van der Waals surface area contributed by atoms with Crippen molar-refractivity contribution >= 4 is 34.0 Å². The van der Waals surface area contributed by atoms with E-state index in [1.54, 1.807) is 11.3 Å². The van der Waals surface area contributed by atoms with Crippen LogP contribution in [0.1, 0.15) is 11.7 Å². The van der Waals surface area contributed by atoms with Gasteiger partial charge in [-0.1, -0.05) is 12.1 Å². The molecule has 0 amide bonds. The van der Waals surface area contributed by atoms with E-state index in [0.717, 1.165) is 16.6 Å². The third-order valence-corrected chi connectivity index (χ3v) is 3.69. The van der Waals surface area contributed by atoms with E-state index < -0.39 is 6.10 Å². The second-order valence-electron chi connectivity index (χ2n) is 4.40. The smallest absolute Gasteiger partial charge is 0.169 e. The lowest BCUT2D eigenvalue weighted by molar-refractivity contribution is 0.192. The standard InChI is InChI=1S/C14H14N4OS/c15-13-14(16-7-12(19)9-5-6-20-8-9)18-11-4-2-1-3-10(11)17-13/h1-6,8,12,19H,7H2,(H2,15,17)(H,16,18). The van der Waals surface area contributed by atoms with Gasteiger partial charge in [0.05, 0.1) is 17.1 Å². The molecule has 4 N–H and O–H groups in total. The average Bonchev–Trinajstić information content (AvgIpc) is 2.99. The molecule has 3 aromatic rings. The lowest BCUT2D eigenvalue weighted by Crippen LogP contribution is -2.14. The Kier molecular flexibility index (Phi) is 3.49. The van der Waals surface area contributed by atoms with E-state index in [9.17, 15) is 5.11 Å². The number of fused-ring (bicyclic) bond motifs is 1. The van der Waals surface area contributed by atoms with Crippen LogP contribution in [-0.4, -0.2) is 21.6 Å². The van der Waals surface area contributed by atoms with E-state index in [4.69, 9.17) is 5.73 Å². The van der Waals surface area contributed by atoms with Gasteiger partial charge in [0, 0.05) is 6.54 Å². The number of hydrogen-bond donors (Lipinski definition) is 3. The number of nitrogens with zero attached hydrogens (tertiary/aromatic N) is 2. The number of aliphatic hydroxyl groups excluding tert-OH is 1. The van der Waals surface area contributed by atoms with Gasteiger partial charge in [0.2, 0.25) is 0 Å². The summed E-state index contributed by atoms with van der Waals surface area (Å²) < 4.78 is 0. The summed E-state index contributed by atoms with van der Waals surface area (Å²) in [5.74, 6) is 0.833.